The minimum atomic E-state index is -1.27. The predicted molar refractivity (Wildman–Crippen MR) is 42.2 cm³/mol. The van der Waals surface area contributed by atoms with E-state index < -0.39 is 11.9 Å². The predicted octanol–water partition coefficient (Wildman–Crippen LogP) is 0.175. The highest BCUT2D eigenvalue weighted by Gasteiger charge is 2.19. The third kappa shape index (κ3) is 1.59. The Morgan fingerprint density at radius 1 is 1.33 bits per heavy atom. The molecule has 3 N–H and O–H groups in total. The zero-order valence-corrected chi connectivity index (χ0v) is 6.59. The quantitative estimate of drug-likeness (QED) is 0.534. The Bertz CT molecular complexity index is 294. The summed E-state index contributed by atoms with van der Waals surface area (Å²) >= 11 is 1.02. The number of carboxylic acids is 2. The van der Waals surface area contributed by atoms with Crippen LogP contribution in [0.3, 0.4) is 0 Å². The maximum Gasteiger partial charge on any atom is 0.353 e. The number of hydrogen-bond donors (Lipinski definition) is 3. The van der Waals surface area contributed by atoms with Gasteiger partial charge in [0.15, 0.2) is 0 Å². The molecule has 1 heterocycles. The van der Waals surface area contributed by atoms with E-state index in [1.54, 1.807) is 0 Å². The van der Waals surface area contributed by atoms with Gasteiger partial charge in [-0.1, -0.05) is 0 Å². The molecule has 0 fully saturated rings. The number of rotatable bonds is 2. The van der Waals surface area contributed by atoms with E-state index in [0.717, 1.165) is 11.9 Å². The third-order valence-corrected chi connectivity index (χ3v) is 1.77. The van der Waals surface area contributed by atoms with Crippen LogP contribution in [0.5, 0.6) is 0 Å². The Kier molecular flexibility index (Phi) is 2.39. The van der Waals surface area contributed by atoms with E-state index in [1.807, 2.05) is 0 Å². The molecule has 1 rings (SSSR count). The molecule has 0 unspecified atom stereocenters. The van der Waals surface area contributed by atoms with Crippen LogP contribution in [0.1, 0.15) is 0 Å². The fraction of sp³-hybridized carbons (Fsp3) is 0. The van der Waals surface area contributed by atoms with Crippen LogP contribution in [0, 0.1) is 0 Å². The highest BCUT2D eigenvalue weighted by molar-refractivity contribution is 8.00. The van der Waals surface area contributed by atoms with Crippen molar-refractivity contribution in [3.8, 4) is 0 Å². The summed E-state index contributed by atoms with van der Waals surface area (Å²) in [5.41, 5.74) is -0.531. The molecule has 1 aliphatic rings. The van der Waals surface area contributed by atoms with E-state index in [9.17, 15) is 9.59 Å². The number of carbonyl (C=O) groups is 2. The lowest BCUT2D eigenvalue weighted by atomic mass is 10.2. The fourth-order valence-electron chi connectivity index (χ4n) is 0.670. The first-order chi connectivity index (χ1) is 5.63. The molecular weight excluding hydrogens is 182 g/mol. The van der Waals surface area contributed by atoms with Crippen molar-refractivity contribution in [3.63, 3.8) is 0 Å². The summed E-state index contributed by atoms with van der Waals surface area (Å²) in [7, 11) is 0. The summed E-state index contributed by atoms with van der Waals surface area (Å²) in [6, 6.07) is 0. The first-order valence-corrected chi connectivity index (χ1v) is 3.80. The molecule has 0 amide bonds. The number of aliphatic carboxylic acids is 2. The van der Waals surface area contributed by atoms with Crippen LogP contribution in [0.2, 0.25) is 0 Å². The third-order valence-electron chi connectivity index (χ3n) is 1.18. The van der Waals surface area contributed by atoms with Crippen LogP contribution < -0.4 is 4.72 Å². The fourth-order valence-corrected chi connectivity index (χ4v) is 1.26. The molecule has 0 aliphatic carbocycles. The van der Waals surface area contributed by atoms with Gasteiger partial charge < -0.3 is 14.9 Å². The largest absolute Gasteiger partial charge is 0.478 e. The molecule has 12 heavy (non-hydrogen) atoms. The van der Waals surface area contributed by atoms with Gasteiger partial charge in [0.05, 0.1) is 5.57 Å². The molecule has 0 aromatic rings. The SMILES string of the molecule is O=C(O)C1=C(C(=O)O)NSC=C1. The van der Waals surface area contributed by atoms with E-state index >= 15 is 0 Å². The first-order valence-electron chi connectivity index (χ1n) is 2.92. The normalized spacial score (nSPS) is 15.7. The lowest BCUT2D eigenvalue weighted by Gasteiger charge is -2.09. The van der Waals surface area contributed by atoms with Gasteiger partial charge in [-0.25, -0.2) is 9.59 Å². The molecule has 0 saturated heterocycles. The van der Waals surface area contributed by atoms with Crippen molar-refractivity contribution in [1.29, 1.82) is 0 Å². The van der Waals surface area contributed by atoms with Crippen LogP contribution in [0.25, 0.3) is 0 Å². The van der Waals surface area contributed by atoms with Crippen molar-refractivity contribution < 1.29 is 19.8 Å². The summed E-state index contributed by atoms with van der Waals surface area (Å²) in [5, 5.41) is 18.5. The van der Waals surface area contributed by atoms with Crippen molar-refractivity contribution in [3.05, 3.63) is 22.8 Å². The highest BCUT2D eigenvalue weighted by atomic mass is 32.2. The maximum absolute atomic E-state index is 10.4. The Morgan fingerprint density at radius 3 is 2.42 bits per heavy atom. The van der Waals surface area contributed by atoms with Crippen molar-refractivity contribution in [2.45, 2.75) is 0 Å². The molecule has 5 nitrogen and oxygen atoms in total. The van der Waals surface area contributed by atoms with Gasteiger partial charge in [0, 0.05) is 0 Å². The number of nitrogens with one attached hydrogen (secondary N) is 1. The van der Waals surface area contributed by atoms with Gasteiger partial charge in [-0.05, 0) is 23.4 Å². The van der Waals surface area contributed by atoms with E-state index in [-0.39, 0.29) is 11.3 Å². The summed E-state index contributed by atoms with van der Waals surface area (Å²) in [5.74, 6) is -2.53. The van der Waals surface area contributed by atoms with Gasteiger partial charge in [0.2, 0.25) is 0 Å². The summed E-state index contributed by atoms with van der Waals surface area (Å²) in [6.07, 6.45) is 1.24. The van der Waals surface area contributed by atoms with Crippen LogP contribution >= 0.6 is 11.9 Å². The summed E-state index contributed by atoms with van der Waals surface area (Å²) in [4.78, 5) is 20.9. The Balaban J connectivity index is 3.08. The molecule has 0 bridgehead atoms. The minimum absolute atomic E-state index is 0.235. The maximum atomic E-state index is 10.4. The van der Waals surface area contributed by atoms with Gasteiger partial charge in [-0.3, -0.25) is 0 Å². The van der Waals surface area contributed by atoms with E-state index in [1.165, 1.54) is 11.5 Å². The molecule has 6 heteroatoms. The van der Waals surface area contributed by atoms with Gasteiger partial charge in [-0.15, -0.1) is 0 Å². The second kappa shape index (κ2) is 3.31. The molecular formula is C6H5NO4S. The van der Waals surface area contributed by atoms with Crippen LogP contribution in [0.15, 0.2) is 22.8 Å². The van der Waals surface area contributed by atoms with Crippen LogP contribution in [0.4, 0.5) is 0 Å². The average Bonchev–Trinajstić information content (AvgIpc) is 2.04. The molecule has 0 spiro atoms. The lowest BCUT2D eigenvalue weighted by Crippen LogP contribution is -2.20. The van der Waals surface area contributed by atoms with Crippen molar-refractivity contribution in [2.24, 2.45) is 0 Å². The zero-order chi connectivity index (χ0) is 9.14. The van der Waals surface area contributed by atoms with Crippen LogP contribution in [-0.2, 0) is 9.59 Å². The topological polar surface area (TPSA) is 86.6 Å². The summed E-state index contributed by atoms with van der Waals surface area (Å²) < 4.78 is 2.38. The van der Waals surface area contributed by atoms with Gasteiger partial charge >= 0.3 is 11.9 Å². The van der Waals surface area contributed by atoms with E-state index in [0.29, 0.717) is 0 Å². The van der Waals surface area contributed by atoms with E-state index in [2.05, 4.69) is 4.72 Å². The minimum Gasteiger partial charge on any atom is -0.478 e. The smallest absolute Gasteiger partial charge is 0.353 e. The van der Waals surface area contributed by atoms with Gasteiger partial charge in [0.25, 0.3) is 0 Å². The van der Waals surface area contributed by atoms with Crippen molar-refractivity contribution in [2.75, 3.05) is 0 Å². The molecule has 0 aromatic heterocycles. The lowest BCUT2D eigenvalue weighted by molar-refractivity contribution is -0.135. The zero-order valence-electron chi connectivity index (χ0n) is 5.77. The standard InChI is InChI=1S/C6H5NO4S/c8-5(9)3-1-2-12-7-4(3)6(10)11/h1-2,7H,(H,8,9)(H,10,11). The monoisotopic (exact) mass is 187 g/mol. The second-order valence-corrected chi connectivity index (χ2v) is 2.63. The average molecular weight is 187 g/mol. The first kappa shape index (κ1) is 8.66. The number of hydrogen-bond acceptors (Lipinski definition) is 4. The van der Waals surface area contributed by atoms with Gasteiger partial charge in [0.1, 0.15) is 5.70 Å². The Hall–Kier alpha value is -1.43. The number of carboxylic acid groups (broad SMARTS) is 2. The highest BCUT2D eigenvalue weighted by Crippen LogP contribution is 2.15. The van der Waals surface area contributed by atoms with E-state index in [4.69, 9.17) is 10.2 Å². The Labute approximate surface area is 71.9 Å². The van der Waals surface area contributed by atoms with Crippen LogP contribution in [-0.4, -0.2) is 22.2 Å². The molecule has 64 valence electrons. The second-order valence-electron chi connectivity index (χ2n) is 1.92. The molecule has 0 aromatic carbocycles. The summed E-state index contributed by atoms with van der Waals surface area (Å²) in [6.45, 7) is 0. The molecule has 0 radical (unpaired) electrons. The van der Waals surface area contributed by atoms with Gasteiger partial charge in [-0.2, -0.15) is 0 Å². The van der Waals surface area contributed by atoms with Crippen molar-refractivity contribution in [1.82, 2.24) is 4.72 Å². The van der Waals surface area contributed by atoms with Crippen molar-refractivity contribution >= 4 is 23.9 Å². The molecule has 0 saturated carbocycles. The molecule has 0 atom stereocenters. The Morgan fingerprint density at radius 2 is 2.00 bits per heavy atom. The molecule has 1 aliphatic heterocycles.